The summed E-state index contributed by atoms with van der Waals surface area (Å²) >= 11 is 0.778. The molecule has 0 aliphatic carbocycles. The zero-order valence-corrected chi connectivity index (χ0v) is 12.7. The fourth-order valence-corrected chi connectivity index (χ4v) is 2.54. The first-order valence-electron chi connectivity index (χ1n) is 6.38. The van der Waals surface area contributed by atoms with Crippen molar-refractivity contribution in [2.45, 2.75) is 26.9 Å². The molecular formula is C14H15NO5S. The highest BCUT2D eigenvalue weighted by molar-refractivity contribution is 8.18. The molecule has 0 N–H and O–H groups in total. The predicted octanol–water partition coefficient (Wildman–Crippen LogP) is 2.58. The number of furan rings is 1. The van der Waals surface area contributed by atoms with Gasteiger partial charge in [0, 0.05) is 6.08 Å². The monoisotopic (exact) mass is 309 g/mol. The lowest BCUT2D eigenvalue weighted by Crippen LogP contribution is -2.35. The van der Waals surface area contributed by atoms with E-state index in [2.05, 4.69) is 0 Å². The first-order chi connectivity index (χ1) is 9.86. The molecule has 0 bridgehead atoms. The number of carbonyl (C=O) groups is 3. The van der Waals surface area contributed by atoms with Crippen LogP contribution >= 0.6 is 11.8 Å². The minimum Gasteiger partial charge on any atom is -0.462 e. The molecule has 1 aromatic rings. The predicted molar refractivity (Wildman–Crippen MR) is 77.4 cm³/mol. The van der Waals surface area contributed by atoms with E-state index in [1.807, 2.05) is 0 Å². The Kier molecular flexibility index (Phi) is 4.52. The Morgan fingerprint density at radius 1 is 1.43 bits per heavy atom. The molecule has 7 heteroatoms. The van der Waals surface area contributed by atoms with E-state index < -0.39 is 17.1 Å². The summed E-state index contributed by atoms with van der Waals surface area (Å²) in [5.74, 6) is 0.0749. The second kappa shape index (κ2) is 6.17. The second-order valence-electron chi connectivity index (χ2n) is 4.75. The Morgan fingerprint density at radius 2 is 2.14 bits per heavy atom. The molecule has 0 spiro atoms. The maximum Gasteiger partial charge on any atom is 0.326 e. The van der Waals surface area contributed by atoms with Gasteiger partial charge in [-0.1, -0.05) is 0 Å². The maximum absolute atomic E-state index is 12.1. The summed E-state index contributed by atoms with van der Waals surface area (Å²) in [5.41, 5.74) is 0. The SMILES string of the molecule is Cc1ccc(/C=C2\SC(=O)N(CC(=O)OC(C)C)C2=O)o1. The molecule has 0 saturated carbocycles. The van der Waals surface area contributed by atoms with Crippen molar-refractivity contribution in [3.63, 3.8) is 0 Å². The van der Waals surface area contributed by atoms with E-state index in [-0.39, 0.29) is 17.6 Å². The van der Waals surface area contributed by atoms with Crippen LogP contribution in [-0.4, -0.2) is 34.7 Å². The normalized spacial score (nSPS) is 17.1. The summed E-state index contributed by atoms with van der Waals surface area (Å²) in [6.45, 7) is 4.80. The fourth-order valence-electron chi connectivity index (χ4n) is 1.73. The van der Waals surface area contributed by atoms with Crippen LogP contribution in [0.4, 0.5) is 4.79 Å². The topological polar surface area (TPSA) is 76.8 Å². The average Bonchev–Trinajstić information content (AvgIpc) is 2.88. The van der Waals surface area contributed by atoms with Crippen molar-refractivity contribution in [2.24, 2.45) is 0 Å². The summed E-state index contributed by atoms with van der Waals surface area (Å²) in [6, 6.07) is 3.46. The molecule has 0 aromatic carbocycles. The Balaban J connectivity index is 2.09. The van der Waals surface area contributed by atoms with Crippen molar-refractivity contribution in [1.29, 1.82) is 0 Å². The van der Waals surface area contributed by atoms with Gasteiger partial charge in [-0.05, 0) is 44.7 Å². The Hall–Kier alpha value is -2.02. The van der Waals surface area contributed by atoms with Crippen LogP contribution in [0.25, 0.3) is 6.08 Å². The highest BCUT2D eigenvalue weighted by Gasteiger charge is 2.37. The van der Waals surface area contributed by atoms with Crippen molar-refractivity contribution < 1.29 is 23.5 Å². The van der Waals surface area contributed by atoms with Crippen LogP contribution in [0.2, 0.25) is 0 Å². The maximum atomic E-state index is 12.1. The lowest BCUT2D eigenvalue weighted by Gasteiger charge is -2.13. The van der Waals surface area contributed by atoms with Gasteiger partial charge in [-0.15, -0.1) is 0 Å². The number of carbonyl (C=O) groups excluding carboxylic acids is 3. The fraction of sp³-hybridized carbons (Fsp3) is 0.357. The Morgan fingerprint density at radius 3 is 2.71 bits per heavy atom. The molecule has 2 rings (SSSR count). The van der Waals surface area contributed by atoms with Crippen molar-refractivity contribution in [3.05, 3.63) is 28.6 Å². The smallest absolute Gasteiger partial charge is 0.326 e. The van der Waals surface area contributed by atoms with Gasteiger partial charge >= 0.3 is 5.97 Å². The van der Waals surface area contributed by atoms with E-state index in [1.165, 1.54) is 6.08 Å². The summed E-state index contributed by atoms with van der Waals surface area (Å²) in [5, 5.41) is -0.491. The number of hydrogen-bond acceptors (Lipinski definition) is 6. The Bertz CT molecular complexity index is 617. The molecule has 112 valence electrons. The minimum atomic E-state index is -0.609. The van der Waals surface area contributed by atoms with Crippen molar-refractivity contribution in [3.8, 4) is 0 Å². The molecule has 21 heavy (non-hydrogen) atoms. The largest absolute Gasteiger partial charge is 0.462 e. The van der Waals surface area contributed by atoms with E-state index >= 15 is 0 Å². The molecule has 6 nitrogen and oxygen atoms in total. The summed E-state index contributed by atoms with van der Waals surface area (Å²) in [4.78, 5) is 36.6. The highest BCUT2D eigenvalue weighted by atomic mass is 32.2. The highest BCUT2D eigenvalue weighted by Crippen LogP contribution is 2.32. The molecule has 2 heterocycles. The zero-order valence-electron chi connectivity index (χ0n) is 11.9. The van der Waals surface area contributed by atoms with Gasteiger partial charge in [0.05, 0.1) is 11.0 Å². The quantitative estimate of drug-likeness (QED) is 0.628. The standard InChI is InChI=1S/C14H15NO5S/c1-8(2)19-12(16)7-15-13(17)11(21-14(15)18)6-10-5-4-9(3)20-10/h4-6,8H,7H2,1-3H3/b11-6-. The molecule has 2 amide bonds. The van der Waals surface area contributed by atoms with Gasteiger partial charge in [0.25, 0.3) is 11.1 Å². The van der Waals surface area contributed by atoms with Gasteiger partial charge in [-0.2, -0.15) is 0 Å². The van der Waals surface area contributed by atoms with Crippen molar-refractivity contribution in [2.75, 3.05) is 6.54 Å². The first kappa shape index (κ1) is 15.4. The molecule has 1 fully saturated rings. The molecule has 1 aliphatic rings. The number of aryl methyl sites for hydroxylation is 1. The number of rotatable bonds is 4. The zero-order chi connectivity index (χ0) is 15.6. The summed E-state index contributed by atoms with van der Waals surface area (Å²) < 4.78 is 10.3. The summed E-state index contributed by atoms with van der Waals surface area (Å²) in [7, 11) is 0. The van der Waals surface area contributed by atoms with Gasteiger partial charge < -0.3 is 9.15 Å². The molecule has 1 aromatic heterocycles. The van der Waals surface area contributed by atoms with Crippen LogP contribution < -0.4 is 0 Å². The minimum absolute atomic E-state index is 0.228. The van der Waals surface area contributed by atoms with Crippen molar-refractivity contribution in [1.82, 2.24) is 4.90 Å². The van der Waals surface area contributed by atoms with E-state index in [0.717, 1.165) is 16.7 Å². The van der Waals surface area contributed by atoms with Gasteiger partial charge in [0.15, 0.2) is 0 Å². The van der Waals surface area contributed by atoms with Gasteiger partial charge in [0.1, 0.15) is 18.1 Å². The third kappa shape index (κ3) is 3.75. The number of thioether (sulfide) groups is 1. The molecular weight excluding hydrogens is 294 g/mol. The first-order valence-corrected chi connectivity index (χ1v) is 7.19. The van der Waals surface area contributed by atoms with Gasteiger partial charge in [0.2, 0.25) is 0 Å². The number of esters is 1. The number of ether oxygens (including phenoxy) is 1. The second-order valence-corrected chi connectivity index (χ2v) is 5.75. The van der Waals surface area contributed by atoms with E-state index in [9.17, 15) is 14.4 Å². The molecule has 0 unspecified atom stereocenters. The van der Waals surface area contributed by atoms with Gasteiger partial charge in [-0.3, -0.25) is 19.3 Å². The number of imide groups is 1. The summed E-state index contributed by atoms with van der Waals surface area (Å²) in [6.07, 6.45) is 1.20. The van der Waals surface area contributed by atoms with Crippen LogP contribution in [0.5, 0.6) is 0 Å². The number of hydrogen-bond donors (Lipinski definition) is 0. The van der Waals surface area contributed by atoms with E-state index in [1.54, 1.807) is 32.9 Å². The van der Waals surface area contributed by atoms with Gasteiger partial charge in [-0.25, -0.2) is 0 Å². The van der Waals surface area contributed by atoms with E-state index in [4.69, 9.17) is 9.15 Å². The molecule has 1 saturated heterocycles. The third-order valence-electron chi connectivity index (χ3n) is 2.56. The molecule has 1 aliphatic heterocycles. The number of amides is 2. The van der Waals surface area contributed by atoms with E-state index in [0.29, 0.717) is 11.5 Å². The van der Waals surface area contributed by atoms with Crippen LogP contribution in [-0.2, 0) is 14.3 Å². The molecule has 0 atom stereocenters. The molecule has 0 radical (unpaired) electrons. The van der Waals surface area contributed by atoms with Crippen LogP contribution in [0, 0.1) is 6.92 Å². The average molecular weight is 309 g/mol. The van der Waals surface area contributed by atoms with Crippen LogP contribution in [0.3, 0.4) is 0 Å². The lowest BCUT2D eigenvalue weighted by atomic mass is 10.3. The van der Waals surface area contributed by atoms with Crippen molar-refractivity contribution >= 4 is 35.0 Å². The Labute approximate surface area is 126 Å². The van der Waals surface area contributed by atoms with Crippen LogP contribution in [0.1, 0.15) is 25.4 Å². The lowest BCUT2D eigenvalue weighted by molar-refractivity contribution is -0.149. The van der Waals surface area contributed by atoms with Crippen LogP contribution in [0.15, 0.2) is 21.5 Å². The number of nitrogens with zero attached hydrogens (tertiary/aromatic N) is 1. The third-order valence-corrected chi connectivity index (χ3v) is 3.47.